The maximum atomic E-state index is 11.9. The predicted molar refractivity (Wildman–Crippen MR) is 112 cm³/mol. The first-order valence-electron chi connectivity index (χ1n) is 9.18. The third kappa shape index (κ3) is 6.88. The molecule has 8 heteroatoms. The van der Waals surface area contributed by atoms with Crippen molar-refractivity contribution < 1.29 is 13.9 Å². The average molecular weight is 416 g/mol. The Morgan fingerprint density at radius 1 is 1.07 bits per heavy atom. The number of rotatable bonds is 13. The van der Waals surface area contributed by atoms with Crippen molar-refractivity contribution in [2.24, 2.45) is 0 Å². The van der Waals surface area contributed by atoms with Gasteiger partial charge in [0.25, 0.3) is 0 Å². The van der Waals surface area contributed by atoms with Crippen molar-refractivity contribution in [1.29, 1.82) is 0 Å². The average Bonchev–Trinajstić information content (AvgIpc) is 3.10. The zero-order valence-electron chi connectivity index (χ0n) is 15.6. The third-order valence-corrected chi connectivity index (χ3v) is 4.38. The molecule has 0 unspecified atom stereocenters. The molecule has 0 amide bonds. The number of hydrogen-bond acceptors (Lipinski definition) is 6. The number of nitrogens with zero attached hydrogens (tertiary/aromatic N) is 1. The molecule has 0 aliphatic carbocycles. The van der Waals surface area contributed by atoms with E-state index in [0.717, 1.165) is 50.3 Å². The summed E-state index contributed by atoms with van der Waals surface area (Å²) < 4.78 is 10.6. The van der Waals surface area contributed by atoms with Crippen molar-refractivity contribution in [3.63, 3.8) is 0 Å². The van der Waals surface area contributed by atoms with Gasteiger partial charge < -0.3 is 24.7 Å². The Balaban J connectivity index is 2.11. The van der Waals surface area contributed by atoms with E-state index in [1.54, 1.807) is 13.0 Å². The lowest BCUT2D eigenvalue weighted by molar-refractivity contribution is 0.0492. The molecule has 2 rings (SSSR count). The number of nitrogens with one attached hydrogen (secondary N) is 2. The maximum absolute atomic E-state index is 11.9. The van der Waals surface area contributed by atoms with E-state index in [-0.39, 0.29) is 5.76 Å². The lowest BCUT2D eigenvalue weighted by Crippen LogP contribution is -2.37. The molecule has 1 heterocycles. The highest BCUT2D eigenvalue weighted by molar-refractivity contribution is 6.18. The minimum Gasteiger partial charge on any atom is -0.460 e. The standard InChI is InChI=1S/C19H27Cl2N3O3/c1-2-26-19(25)18-14-15-13-16(3-4-17(15)27-18)24(11-9-22-7-5-20)12-10-23-8-6-21/h3-4,13-14,22-23H,2,5-12H2,1H3. The van der Waals surface area contributed by atoms with E-state index in [2.05, 4.69) is 15.5 Å². The van der Waals surface area contributed by atoms with Gasteiger partial charge in [-0.1, -0.05) is 0 Å². The van der Waals surface area contributed by atoms with E-state index in [9.17, 15) is 4.79 Å². The lowest BCUT2D eigenvalue weighted by atomic mass is 10.2. The number of carbonyl (C=O) groups excluding carboxylic acids is 1. The Morgan fingerprint density at radius 3 is 2.33 bits per heavy atom. The summed E-state index contributed by atoms with van der Waals surface area (Å²) in [6.07, 6.45) is 0. The number of ether oxygens (including phenoxy) is 1. The van der Waals surface area contributed by atoms with Crippen molar-refractivity contribution in [1.82, 2.24) is 10.6 Å². The Kier molecular flexibility index (Phi) is 9.77. The van der Waals surface area contributed by atoms with Gasteiger partial charge in [0.05, 0.1) is 6.61 Å². The molecule has 1 aromatic carbocycles. The summed E-state index contributed by atoms with van der Waals surface area (Å²) >= 11 is 11.4. The van der Waals surface area contributed by atoms with Crippen LogP contribution in [0.5, 0.6) is 0 Å². The fraction of sp³-hybridized carbons (Fsp3) is 0.526. The van der Waals surface area contributed by atoms with E-state index in [0.29, 0.717) is 23.9 Å². The zero-order chi connectivity index (χ0) is 19.5. The van der Waals surface area contributed by atoms with E-state index >= 15 is 0 Å². The topological polar surface area (TPSA) is 66.7 Å². The van der Waals surface area contributed by atoms with Crippen LogP contribution in [0.3, 0.4) is 0 Å². The maximum Gasteiger partial charge on any atom is 0.374 e. The first kappa shape index (κ1) is 21.8. The first-order valence-corrected chi connectivity index (χ1v) is 10.3. The molecule has 2 N–H and O–H groups in total. The molecule has 0 bridgehead atoms. The summed E-state index contributed by atoms with van der Waals surface area (Å²) in [5.41, 5.74) is 1.74. The molecule has 27 heavy (non-hydrogen) atoms. The minimum atomic E-state index is -0.442. The van der Waals surface area contributed by atoms with Gasteiger partial charge >= 0.3 is 5.97 Å². The fourth-order valence-electron chi connectivity index (χ4n) is 2.71. The van der Waals surface area contributed by atoms with Crippen molar-refractivity contribution in [2.45, 2.75) is 6.92 Å². The van der Waals surface area contributed by atoms with Crippen LogP contribution in [0.15, 0.2) is 28.7 Å². The van der Waals surface area contributed by atoms with Crippen molar-refractivity contribution in [2.75, 3.05) is 62.5 Å². The number of alkyl halides is 2. The Hall–Kier alpha value is -1.47. The second-order valence-electron chi connectivity index (χ2n) is 5.92. The van der Waals surface area contributed by atoms with E-state index in [4.69, 9.17) is 32.4 Å². The molecule has 150 valence electrons. The zero-order valence-corrected chi connectivity index (χ0v) is 17.1. The molecule has 6 nitrogen and oxygen atoms in total. The molecule has 1 aromatic heterocycles. The number of hydrogen-bond donors (Lipinski definition) is 2. The number of furan rings is 1. The van der Waals surface area contributed by atoms with Crippen LogP contribution in [0.4, 0.5) is 5.69 Å². The number of fused-ring (bicyclic) bond motifs is 1. The molecule has 0 spiro atoms. The Bertz CT molecular complexity index is 697. The van der Waals surface area contributed by atoms with Crippen LogP contribution in [-0.2, 0) is 4.74 Å². The summed E-state index contributed by atoms with van der Waals surface area (Å²) in [7, 11) is 0. The summed E-state index contributed by atoms with van der Waals surface area (Å²) in [5.74, 6) is 0.967. The molecule has 0 saturated carbocycles. The van der Waals surface area contributed by atoms with Crippen LogP contribution in [0.1, 0.15) is 17.5 Å². The Morgan fingerprint density at radius 2 is 1.74 bits per heavy atom. The van der Waals surface area contributed by atoms with Crippen LogP contribution in [-0.4, -0.2) is 63.6 Å². The van der Waals surface area contributed by atoms with Crippen LogP contribution >= 0.6 is 23.2 Å². The van der Waals surface area contributed by atoms with Gasteiger partial charge in [-0.15, -0.1) is 23.2 Å². The third-order valence-electron chi connectivity index (χ3n) is 4.00. The SMILES string of the molecule is CCOC(=O)c1cc2cc(N(CCNCCCl)CCNCCCl)ccc2o1. The molecular formula is C19H27Cl2N3O3. The van der Waals surface area contributed by atoms with Crippen LogP contribution in [0.2, 0.25) is 0 Å². The van der Waals surface area contributed by atoms with Crippen LogP contribution < -0.4 is 15.5 Å². The van der Waals surface area contributed by atoms with Gasteiger partial charge in [0, 0.05) is 62.1 Å². The predicted octanol–water partition coefficient (Wildman–Crippen LogP) is 3.07. The van der Waals surface area contributed by atoms with Gasteiger partial charge in [-0.25, -0.2) is 4.79 Å². The lowest BCUT2D eigenvalue weighted by Gasteiger charge is -2.25. The van der Waals surface area contributed by atoms with Gasteiger partial charge in [0.15, 0.2) is 0 Å². The Labute approximate surface area is 170 Å². The second-order valence-corrected chi connectivity index (χ2v) is 6.67. The highest BCUT2D eigenvalue weighted by atomic mass is 35.5. The summed E-state index contributed by atoms with van der Waals surface area (Å²) in [5, 5.41) is 7.50. The van der Waals surface area contributed by atoms with Gasteiger partial charge in [0.1, 0.15) is 5.58 Å². The fourth-order valence-corrected chi connectivity index (χ4v) is 2.98. The summed E-state index contributed by atoms with van der Waals surface area (Å²) in [6.45, 7) is 7.00. The molecule has 0 radical (unpaired) electrons. The monoisotopic (exact) mass is 415 g/mol. The van der Waals surface area contributed by atoms with Gasteiger partial charge in [-0.2, -0.15) is 0 Å². The molecule has 0 atom stereocenters. The number of benzene rings is 1. The largest absolute Gasteiger partial charge is 0.460 e. The molecule has 0 saturated heterocycles. The number of anilines is 1. The molecule has 0 aliphatic rings. The molecule has 0 fully saturated rings. The molecular weight excluding hydrogens is 389 g/mol. The van der Waals surface area contributed by atoms with Crippen molar-refractivity contribution >= 4 is 45.8 Å². The van der Waals surface area contributed by atoms with E-state index in [1.165, 1.54) is 0 Å². The number of halogens is 2. The molecule has 2 aromatic rings. The minimum absolute atomic E-state index is 0.225. The smallest absolute Gasteiger partial charge is 0.374 e. The second kappa shape index (κ2) is 12.1. The highest BCUT2D eigenvalue weighted by Gasteiger charge is 2.15. The number of esters is 1. The van der Waals surface area contributed by atoms with Crippen molar-refractivity contribution in [3.05, 3.63) is 30.0 Å². The normalized spacial score (nSPS) is 11.1. The quantitative estimate of drug-likeness (QED) is 0.297. The first-order chi connectivity index (χ1) is 13.2. The summed E-state index contributed by atoms with van der Waals surface area (Å²) in [6, 6.07) is 7.65. The van der Waals surface area contributed by atoms with E-state index in [1.807, 2.05) is 18.2 Å². The van der Waals surface area contributed by atoms with Crippen molar-refractivity contribution in [3.8, 4) is 0 Å². The molecule has 0 aliphatic heterocycles. The van der Waals surface area contributed by atoms with E-state index < -0.39 is 5.97 Å². The van der Waals surface area contributed by atoms with Gasteiger partial charge in [-0.05, 0) is 31.2 Å². The number of carbonyl (C=O) groups is 1. The summed E-state index contributed by atoms with van der Waals surface area (Å²) in [4.78, 5) is 14.2. The highest BCUT2D eigenvalue weighted by Crippen LogP contribution is 2.25. The van der Waals surface area contributed by atoms with Crippen LogP contribution in [0.25, 0.3) is 11.0 Å². The van der Waals surface area contributed by atoms with Gasteiger partial charge in [-0.3, -0.25) is 0 Å². The van der Waals surface area contributed by atoms with Crippen LogP contribution in [0, 0.1) is 0 Å². The van der Waals surface area contributed by atoms with Gasteiger partial charge in [0.2, 0.25) is 5.76 Å².